The van der Waals surface area contributed by atoms with Gasteiger partial charge in [-0.1, -0.05) is 6.42 Å². The first-order valence-electron chi connectivity index (χ1n) is 7.06. The van der Waals surface area contributed by atoms with Gasteiger partial charge in [0.1, 0.15) is 0 Å². The molecule has 0 radical (unpaired) electrons. The SMILES string of the molecule is O=C(NCCCNC(=O)C1CCCN1)C1CCC1. The van der Waals surface area contributed by atoms with Crippen LogP contribution in [0.3, 0.4) is 0 Å². The van der Waals surface area contributed by atoms with E-state index in [1.54, 1.807) is 0 Å². The van der Waals surface area contributed by atoms with Crippen LogP contribution in [0.25, 0.3) is 0 Å². The summed E-state index contributed by atoms with van der Waals surface area (Å²) < 4.78 is 0. The van der Waals surface area contributed by atoms with Gasteiger partial charge in [0.25, 0.3) is 0 Å². The Bertz CT molecular complexity index is 297. The molecule has 2 amide bonds. The first kappa shape index (κ1) is 13.3. The molecule has 5 nitrogen and oxygen atoms in total. The van der Waals surface area contributed by atoms with Crippen molar-refractivity contribution in [1.29, 1.82) is 0 Å². The van der Waals surface area contributed by atoms with Crippen LogP contribution in [0.1, 0.15) is 38.5 Å². The zero-order valence-electron chi connectivity index (χ0n) is 10.8. The van der Waals surface area contributed by atoms with E-state index in [0.717, 1.165) is 38.6 Å². The first-order valence-corrected chi connectivity index (χ1v) is 7.06. The minimum Gasteiger partial charge on any atom is -0.356 e. The van der Waals surface area contributed by atoms with Gasteiger partial charge >= 0.3 is 0 Å². The van der Waals surface area contributed by atoms with Crippen LogP contribution >= 0.6 is 0 Å². The third-order valence-electron chi connectivity index (χ3n) is 3.80. The Morgan fingerprint density at radius 1 is 1.00 bits per heavy atom. The van der Waals surface area contributed by atoms with Gasteiger partial charge in [-0.25, -0.2) is 0 Å². The van der Waals surface area contributed by atoms with Crippen molar-refractivity contribution < 1.29 is 9.59 Å². The van der Waals surface area contributed by atoms with Gasteiger partial charge < -0.3 is 16.0 Å². The van der Waals surface area contributed by atoms with Crippen molar-refractivity contribution in [3.8, 4) is 0 Å². The largest absolute Gasteiger partial charge is 0.356 e. The van der Waals surface area contributed by atoms with Crippen molar-refractivity contribution in [3.63, 3.8) is 0 Å². The van der Waals surface area contributed by atoms with E-state index in [1.165, 1.54) is 6.42 Å². The van der Waals surface area contributed by atoms with Crippen molar-refractivity contribution in [2.45, 2.75) is 44.6 Å². The molecular weight excluding hydrogens is 230 g/mol. The lowest BCUT2D eigenvalue weighted by Crippen LogP contribution is -2.41. The summed E-state index contributed by atoms with van der Waals surface area (Å²) in [4.78, 5) is 23.2. The Morgan fingerprint density at radius 2 is 1.72 bits per heavy atom. The van der Waals surface area contributed by atoms with E-state index in [0.29, 0.717) is 13.1 Å². The number of nitrogens with one attached hydrogen (secondary N) is 3. The molecule has 1 aliphatic carbocycles. The number of hydrogen-bond donors (Lipinski definition) is 3. The fourth-order valence-corrected chi connectivity index (χ4v) is 2.36. The Morgan fingerprint density at radius 3 is 2.28 bits per heavy atom. The van der Waals surface area contributed by atoms with Crippen LogP contribution in [0.4, 0.5) is 0 Å². The highest BCUT2D eigenvalue weighted by molar-refractivity contribution is 5.82. The second-order valence-corrected chi connectivity index (χ2v) is 5.21. The van der Waals surface area contributed by atoms with Crippen LogP contribution in [-0.4, -0.2) is 37.5 Å². The third kappa shape index (κ3) is 3.70. The van der Waals surface area contributed by atoms with E-state index in [-0.39, 0.29) is 23.8 Å². The number of hydrogen-bond acceptors (Lipinski definition) is 3. The number of rotatable bonds is 6. The molecule has 5 heteroatoms. The molecule has 0 spiro atoms. The average molecular weight is 253 g/mol. The Labute approximate surface area is 108 Å². The normalized spacial score (nSPS) is 23.4. The van der Waals surface area contributed by atoms with E-state index in [1.807, 2.05) is 0 Å². The van der Waals surface area contributed by atoms with E-state index >= 15 is 0 Å². The molecule has 3 N–H and O–H groups in total. The van der Waals surface area contributed by atoms with Crippen molar-refractivity contribution in [2.75, 3.05) is 19.6 Å². The monoisotopic (exact) mass is 253 g/mol. The smallest absolute Gasteiger partial charge is 0.237 e. The van der Waals surface area contributed by atoms with Gasteiger partial charge in [-0.3, -0.25) is 9.59 Å². The van der Waals surface area contributed by atoms with Crippen LogP contribution in [0.5, 0.6) is 0 Å². The molecule has 18 heavy (non-hydrogen) atoms. The van der Waals surface area contributed by atoms with E-state index in [9.17, 15) is 9.59 Å². The lowest BCUT2D eigenvalue weighted by Gasteiger charge is -2.24. The van der Waals surface area contributed by atoms with Gasteiger partial charge in [-0.15, -0.1) is 0 Å². The summed E-state index contributed by atoms with van der Waals surface area (Å²) in [5.74, 6) is 0.533. The Kier molecular flexibility index (Phi) is 4.99. The van der Waals surface area contributed by atoms with E-state index in [4.69, 9.17) is 0 Å². The van der Waals surface area contributed by atoms with Crippen molar-refractivity contribution in [1.82, 2.24) is 16.0 Å². The molecule has 0 aromatic rings. The third-order valence-corrected chi connectivity index (χ3v) is 3.80. The fraction of sp³-hybridized carbons (Fsp3) is 0.846. The van der Waals surface area contributed by atoms with Crippen molar-refractivity contribution in [3.05, 3.63) is 0 Å². The first-order chi connectivity index (χ1) is 8.77. The van der Waals surface area contributed by atoms with Gasteiger partial charge in [0.2, 0.25) is 11.8 Å². The van der Waals surface area contributed by atoms with Gasteiger partial charge in [0.05, 0.1) is 6.04 Å². The summed E-state index contributed by atoms with van der Waals surface area (Å²) in [6.45, 7) is 2.24. The average Bonchev–Trinajstić information content (AvgIpc) is 2.79. The minimum atomic E-state index is -0.00503. The summed E-state index contributed by atoms with van der Waals surface area (Å²) in [5, 5.41) is 8.99. The molecular formula is C13H23N3O2. The molecule has 2 fully saturated rings. The maximum absolute atomic E-state index is 11.6. The number of amides is 2. The summed E-state index contributed by atoms with van der Waals surface area (Å²) in [7, 11) is 0. The van der Waals surface area contributed by atoms with Crippen LogP contribution in [0.15, 0.2) is 0 Å². The molecule has 0 bridgehead atoms. The topological polar surface area (TPSA) is 70.2 Å². The quantitative estimate of drug-likeness (QED) is 0.591. The van der Waals surface area contributed by atoms with Gasteiger partial charge in [0.15, 0.2) is 0 Å². The van der Waals surface area contributed by atoms with Crippen molar-refractivity contribution >= 4 is 11.8 Å². The fourth-order valence-electron chi connectivity index (χ4n) is 2.36. The molecule has 0 aromatic heterocycles. The molecule has 2 aliphatic rings. The molecule has 1 saturated heterocycles. The van der Waals surface area contributed by atoms with Gasteiger partial charge in [-0.05, 0) is 38.6 Å². The Hall–Kier alpha value is -1.10. The summed E-state index contributed by atoms with van der Waals surface area (Å²) in [6, 6.07) is -0.00503. The molecule has 2 rings (SSSR count). The zero-order chi connectivity index (χ0) is 12.8. The van der Waals surface area contributed by atoms with E-state index < -0.39 is 0 Å². The zero-order valence-corrected chi connectivity index (χ0v) is 10.8. The maximum Gasteiger partial charge on any atom is 0.237 e. The van der Waals surface area contributed by atoms with Crippen LogP contribution in [0, 0.1) is 5.92 Å². The Balaban J connectivity index is 1.47. The summed E-state index contributed by atoms with van der Waals surface area (Å²) in [6.07, 6.45) is 6.07. The predicted octanol–water partition coefficient (Wildman–Crippen LogP) is 0.161. The lowest BCUT2D eigenvalue weighted by molar-refractivity contribution is -0.127. The highest BCUT2D eigenvalue weighted by Gasteiger charge is 2.24. The second kappa shape index (κ2) is 6.73. The number of carbonyl (C=O) groups excluding carboxylic acids is 2. The molecule has 1 unspecified atom stereocenters. The molecule has 102 valence electrons. The number of carbonyl (C=O) groups is 2. The van der Waals surface area contributed by atoms with Gasteiger partial charge in [-0.2, -0.15) is 0 Å². The molecule has 0 aromatic carbocycles. The standard InChI is InChI=1S/C13H23N3O2/c17-12(10-4-1-5-10)15-8-3-9-16-13(18)11-6-2-7-14-11/h10-11,14H,1-9H2,(H,15,17)(H,16,18). The molecule has 1 heterocycles. The van der Waals surface area contributed by atoms with Crippen LogP contribution in [0.2, 0.25) is 0 Å². The van der Waals surface area contributed by atoms with Crippen LogP contribution < -0.4 is 16.0 Å². The highest BCUT2D eigenvalue weighted by Crippen LogP contribution is 2.25. The van der Waals surface area contributed by atoms with Crippen molar-refractivity contribution in [2.24, 2.45) is 5.92 Å². The second-order valence-electron chi connectivity index (χ2n) is 5.21. The van der Waals surface area contributed by atoms with Crippen LogP contribution in [-0.2, 0) is 9.59 Å². The van der Waals surface area contributed by atoms with E-state index in [2.05, 4.69) is 16.0 Å². The lowest BCUT2D eigenvalue weighted by atomic mass is 9.85. The molecule has 1 aliphatic heterocycles. The minimum absolute atomic E-state index is 0.00503. The highest BCUT2D eigenvalue weighted by atomic mass is 16.2. The summed E-state index contributed by atoms with van der Waals surface area (Å²) in [5.41, 5.74) is 0. The molecule has 1 atom stereocenters. The predicted molar refractivity (Wildman–Crippen MR) is 69.0 cm³/mol. The van der Waals surface area contributed by atoms with Gasteiger partial charge in [0, 0.05) is 19.0 Å². The molecule has 1 saturated carbocycles. The maximum atomic E-state index is 11.6. The summed E-state index contributed by atoms with van der Waals surface area (Å²) >= 11 is 0.